The molecule has 0 aliphatic rings. The molecule has 0 unspecified atom stereocenters. The number of anilines is 3. The van der Waals surface area contributed by atoms with Crippen molar-refractivity contribution in [1.29, 1.82) is 0 Å². The zero-order chi connectivity index (χ0) is 15.8. The van der Waals surface area contributed by atoms with Crippen LogP contribution in [0.5, 0.6) is 0 Å². The fourth-order valence-corrected chi connectivity index (χ4v) is 2.23. The fraction of sp³-hybridized carbons (Fsp3) is 0.375. The zero-order valence-electron chi connectivity index (χ0n) is 13.1. The summed E-state index contributed by atoms with van der Waals surface area (Å²) in [5.74, 6) is 2.00. The maximum Gasteiger partial charge on any atom is 0.139 e. The van der Waals surface area contributed by atoms with Gasteiger partial charge in [0.2, 0.25) is 0 Å². The minimum absolute atomic E-state index is 0.151. The third-order valence-corrected chi connectivity index (χ3v) is 4.35. The highest BCUT2D eigenvalue weighted by Crippen LogP contribution is 2.31. The van der Waals surface area contributed by atoms with E-state index in [0.29, 0.717) is 5.82 Å². The van der Waals surface area contributed by atoms with Crippen LogP contribution in [0.3, 0.4) is 0 Å². The SMILES string of the molecule is Cc1cccc(Nc2nc(C(C)(C)C)nc(N)c2C)c1Br. The van der Waals surface area contributed by atoms with Crippen LogP contribution in [0, 0.1) is 13.8 Å². The van der Waals surface area contributed by atoms with Crippen molar-refractivity contribution in [3.05, 3.63) is 39.6 Å². The minimum atomic E-state index is -0.151. The van der Waals surface area contributed by atoms with Crippen molar-refractivity contribution in [1.82, 2.24) is 9.97 Å². The van der Waals surface area contributed by atoms with Crippen LogP contribution < -0.4 is 11.1 Å². The van der Waals surface area contributed by atoms with Crippen LogP contribution in [0.15, 0.2) is 22.7 Å². The maximum atomic E-state index is 6.04. The second kappa shape index (κ2) is 5.64. The standard InChI is InChI=1S/C16H21BrN4/c1-9-7-6-8-11(12(9)17)19-14-10(2)13(18)20-15(21-14)16(3,4)5/h6-8H,1-5H3,(H3,18,19,20,21). The van der Waals surface area contributed by atoms with Gasteiger partial charge in [0.15, 0.2) is 0 Å². The van der Waals surface area contributed by atoms with E-state index in [-0.39, 0.29) is 5.41 Å². The van der Waals surface area contributed by atoms with Gasteiger partial charge >= 0.3 is 0 Å². The molecule has 112 valence electrons. The highest BCUT2D eigenvalue weighted by atomic mass is 79.9. The number of nitrogens with zero attached hydrogens (tertiary/aromatic N) is 2. The smallest absolute Gasteiger partial charge is 0.139 e. The van der Waals surface area contributed by atoms with E-state index >= 15 is 0 Å². The Morgan fingerprint density at radius 3 is 2.43 bits per heavy atom. The summed E-state index contributed by atoms with van der Waals surface area (Å²) >= 11 is 3.60. The van der Waals surface area contributed by atoms with E-state index in [9.17, 15) is 0 Å². The minimum Gasteiger partial charge on any atom is -0.383 e. The summed E-state index contributed by atoms with van der Waals surface area (Å²) in [5, 5.41) is 3.36. The molecule has 0 bridgehead atoms. The average molecular weight is 349 g/mol. The van der Waals surface area contributed by atoms with Crippen molar-refractivity contribution >= 4 is 33.3 Å². The second-order valence-corrected chi connectivity index (χ2v) is 7.01. The Kier molecular flexibility index (Phi) is 4.23. The molecule has 0 amide bonds. The van der Waals surface area contributed by atoms with E-state index in [1.807, 2.05) is 19.1 Å². The normalized spacial score (nSPS) is 11.5. The van der Waals surface area contributed by atoms with Gasteiger partial charge < -0.3 is 11.1 Å². The number of rotatable bonds is 2. The van der Waals surface area contributed by atoms with Crippen molar-refractivity contribution in [2.45, 2.75) is 40.0 Å². The Bertz CT molecular complexity index is 675. The zero-order valence-corrected chi connectivity index (χ0v) is 14.7. The molecule has 0 aliphatic heterocycles. The van der Waals surface area contributed by atoms with Crippen LogP contribution in [-0.4, -0.2) is 9.97 Å². The van der Waals surface area contributed by atoms with Gasteiger partial charge in [-0.05, 0) is 41.4 Å². The first kappa shape index (κ1) is 15.8. The number of nitrogen functional groups attached to an aromatic ring is 1. The molecule has 0 radical (unpaired) electrons. The molecule has 0 aliphatic carbocycles. The monoisotopic (exact) mass is 348 g/mol. The Labute approximate surface area is 134 Å². The summed E-state index contributed by atoms with van der Waals surface area (Å²) in [6, 6.07) is 6.07. The maximum absolute atomic E-state index is 6.04. The lowest BCUT2D eigenvalue weighted by Crippen LogP contribution is -2.19. The number of aromatic nitrogens is 2. The van der Waals surface area contributed by atoms with E-state index < -0.39 is 0 Å². The molecule has 2 rings (SSSR count). The Morgan fingerprint density at radius 2 is 1.81 bits per heavy atom. The van der Waals surface area contributed by atoms with Gasteiger partial charge in [-0.2, -0.15) is 0 Å². The molecule has 5 heteroatoms. The molecule has 1 heterocycles. The Morgan fingerprint density at radius 1 is 1.14 bits per heavy atom. The van der Waals surface area contributed by atoms with E-state index in [1.165, 1.54) is 0 Å². The van der Waals surface area contributed by atoms with Gasteiger partial charge in [0.05, 0.1) is 5.69 Å². The van der Waals surface area contributed by atoms with Crippen molar-refractivity contribution < 1.29 is 0 Å². The molecule has 0 fully saturated rings. The number of aryl methyl sites for hydroxylation is 1. The fourth-order valence-electron chi connectivity index (χ4n) is 1.86. The lowest BCUT2D eigenvalue weighted by Gasteiger charge is -2.20. The molecule has 0 saturated heterocycles. The number of nitrogens with two attached hydrogens (primary N) is 1. The topological polar surface area (TPSA) is 63.8 Å². The number of benzene rings is 1. The summed E-state index contributed by atoms with van der Waals surface area (Å²) in [4.78, 5) is 9.05. The van der Waals surface area contributed by atoms with E-state index in [0.717, 1.165) is 32.9 Å². The van der Waals surface area contributed by atoms with Crippen molar-refractivity contribution in [2.75, 3.05) is 11.1 Å². The first-order valence-corrected chi connectivity index (χ1v) is 7.66. The van der Waals surface area contributed by atoms with Crippen LogP contribution >= 0.6 is 15.9 Å². The van der Waals surface area contributed by atoms with E-state index in [2.05, 4.69) is 65.0 Å². The number of hydrogen-bond acceptors (Lipinski definition) is 4. The van der Waals surface area contributed by atoms with Crippen molar-refractivity contribution in [3.8, 4) is 0 Å². The lowest BCUT2D eigenvalue weighted by molar-refractivity contribution is 0.546. The summed E-state index contributed by atoms with van der Waals surface area (Å²) in [5.41, 5.74) is 8.88. The predicted octanol–water partition coefficient (Wildman–Crippen LogP) is 4.48. The summed E-state index contributed by atoms with van der Waals surface area (Å²) in [6.07, 6.45) is 0. The summed E-state index contributed by atoms with van der Waals surface area (Å²) in [7, 11) is 0. The lowest BCUT2D eigenvalue weighted by atomic mass is 9.95. The number of halogens is 1. The second-order valence-electron chi connectivity index (χ2n) is 6.22. The first-order chi connectivity index (χ1) is 9.70. The number of hydrogen-bond donors (Lipinski definition) is 2. The molecule has 2 aromatic rings. The third kappa shape index (κ3) is 3.35. The Balaban J connectivity index is 2.49. The molecular formula is C16H21BrN4. The van der Waals surface area contributed by atoms with Gasteiger partial charge in [-0.15, -0.1) is 0 Å². The van der Waals surface area contributed by atoms with Gasteiger partial charge in [0.25, 0.3) is 0 Å². The van der Waals surface area contributed by atoms with Gasteiger partial charge in [-0.1, -0.05) is 32.9 Å². The van der Waals surface area contributed by atoms with Crippen LogP contribution in [-0.2, 0) is 5.41 Å². The molecule has 1 aromatic heterocycles. The molecule has 0 spiro atoms. The highest BCUT2D eigenvalue weighted by molar-refractivity contribution is 9.10. The van der Waals surface area contributed by atoms with Crippen molar-refractivity contribution in [3.63, 3.8) is 0 Å². The quantitative estimate of drug-likeness (QED) is 0.839. The van der Waals surface area contributed by atoms with Gasteiger partial charge in [-0.25, -0.2) is 9.97 Å². The molecule has 21 heavy (non-hydrogen) atoms. The average Bonchev–Trinajstić information content (AvgIpc) is 2.38. The van der Waals surface area contributed by atoms with Crippen LogP contribution in [0.1, 0.15) is 37.7 Å². The van der Waals surface area contributed by atoms with Crippen LogP contribution in [0.2, 0.25) is 0 Å². The van der Waals surface area contributed by atoms with Gasteiger partial charge in [0.1, 0.15) is 17.5 Å². The molecule has 3 N–H and O–H groups in total. The largest absolute Gasteiger partial charge is 0.383 e. The molecule has 1 aromatic carbocycles. The summed E-state index contributed by atoms with van der Waals surface area (Å²) < 4.78 is 1.03. The van der Waals surface area contributed by atoms with E-state index in [4.69, 9.17) is 5.73 Å². The van der Waals surface area contributed by atoms with Gasteiger partial charge in [0, 0.05) is 15.5 Å². The number of nitrogens with one attached hydrogen (secondary N) is 1. The molecule has 0 atom stereocenters. The van der Waals surface area contributed by atoms with Gasteiger partial charge in [-0.3, -0.25) is 0 Å². The first-order valence-electron chi connectivity index (χ1n) is 6.87. The molecule has 0 saturated carbocycles. The molecular weight excluding hydrogens is 328 g/mol. The molecule has 4 nitrogen and oxygen atoms in total. The van der Waals surface area contributed by atoms with Crippen molar-refractivity contribution in [2.24, 2.45) is 0 Å². The van der Waals surface area contributed by atoms with Crippen LogP contribution in [0.25, 0.3) is 0 Å². The Hall–Kier alpha value is -1.62. The predicted molar refractivity (Wildman–Crippen MR) is 92.0 cm³/mol. The van der Waals surface area contributed by atoms with E-state index in [1.54, 1.807) is 0 Å². The van der Waals surface area contributed by atoms with Crippen LogP contribution in [0.4, 0.5) is 17.3 Å². The highest BCUT2D eigenvalue weighted by Gasteiger charge is 2.20. The third-order valence-electron chi connectivity index (χ3n) is 3.30. The summed E-state index contributed by atoms with van der Waals surface area (Å²) in [6.45, 7) is 10.2.